The van der Waals surface area contributed by atoms with Crippen molar-refractivity contribution in [2.24, 2.45) is 0 Å². The van der Waals surface area contributed by atoms with Gasteiger partial charge in [-0.3, -0.25) is 4.98 Å². The molecule has 29 heavy (non-hydrogen) atoms. The highest BCUT2D eigenvalue weighted by molar-refractivity contribution is 7.99. The SMILES string of the molecule is CCSc1c(C(F)(F)F)ccc2c(-c3ccncc3)c(-c3ccc(F)cc3)nn12. The maximum atomic E-state index is 13.6. The fourth-order valence-electron chi connectivity index (χ4n) is 3.19. The van der Waals surface area contributed by atoms with Gasteiger partial charge in [-0.1, -0.05) is 6.92 Å². The molecule has 3 heterocycles. The van der Waals surface area contributed by atoms with Crippen molar-refractivity contribution in [1.29, 1.82) is 0 Å². The van der Waals surface area contributed by atoms with E-state index in [1.54, 1.807) is 43.6 Å². The van der Waals surface area contributed by atoms with Crippen LogP contribution in [0, 0.1) is 5.82 Å². The van der Waals surface area contributed by atoms with E-state index >= 15 is 0 Å². The molecule has 0 atom stereocenters. The molecule has 0 bridgehead atoms. The van der Waals surface area contributed by atoms with Crippen LogP contribution in [0.5, 0.6) is 0 Å². The van der Waals surface area contributed by atoms with Gasteiger partial charge in [0.05, 0.1) is 11.1 Å². The summed E-state index contributed by atoms with van der Waals surface area (Å²) in [5, 5.41) is 4.56. The van der Waals surface area contributed by atoms with E-state index in [-0.39, 0.29) is 5.03 Å². The molecule has 8 heteroatoms. The summed E-state index contributed by atoms with van der Waals surface area (Å²) in [7, 11) is 0. The summed E-state index contributed by atoms with van der Waals surface area (Å²) in [5.74, 6) is 0.0583. The first kappa shape index (κ1) is 19.4. The number of rotatable bonds is 4. The molecular weight excluding hydrogens is 402 g/mol. The summed E-state index contributed by atoms with van der Waals surface area (Å²) in [6.45, 7) is 1.79. The molecule has 0 unspecified atom stereocenters. The van der Waals surface area contributed by atoms with Gasteiger partial charge >= 0.3 is 6.18 Å². The van der Waals surface area contributed by atoms with Gasteiger partial charge in [0, 0.05) is 23.5 Å². The summed E-state index contributed by atoms with van der Waals surface area (Å²) in [6, 6.07) is 11.8. The maximum Gasteiger partial charge on any atom is 0.419 e. The molecule has 0 saturated carbocycles. The van der Waals surface area contributed by atoms with Crippen LogP contribution in [0.25, 0.3) is 27.9 Å². The van der Waals surface area contributed by atoms with Gasteiger partial charge in [0.2, 0.25) is 0 Å². The van der Waals surface area contributed by atoms with Gasteiger partial charge < -0.3 is 0 Å². The number of nitrogens with zero attached hydrogens (tertiary/aromatic N) is 3. The lowest BCUT2D eigenvalue weighted by molar-refractivity contribution is -0.140. The number of alkyl halides is 3. The Labute approximate surface area is 168 Å². The first-order valence-corrected chi connectivity index (χ1v) is 9.80. The van der Waals surface area contributed by atoms with Gasteiger partial charge in [-0.15, -0.1) is 11.8 Å². The number of benzene rings is 1. The minimum absolute atomic E-state index is 0.0289. The number of pyridine rings is 2. The average Bonchev–Trinajstić information content (AvgIpc) is 3.09. The van der Waals surface area contributed by atoms with Gasteiger partial charge in [-0.25, -0.2) is 8.91 Å². The third-order valence-corrected chi connectivity index (χ3v) is 5.38. The van der Waals surface area contributed by atoms with Crippen LogP contribution in [-0.4, -0.2) is 20.4 Å². The molecular formula is C21H15F4N3S. The van der Waals surface area contributed by atoms with Crippen LogP contribution in [0.2, 0.25) is 0 Å². The maximum absolute atomic E-state index is 13.6. The molecule has 1 aromatic carbocycles. The Bertz CT molecular complexity index is 1150. The van der Waals surface area contributed by atoms with Crippen LogP contribution in [-0.2, 0) is 6.18 Å². The topological polar surface area (TPSA) is 30.2 Å². The molecule has 0 aliphatic heterocycles. The zero-order valence-electron chi connectivity index (χ0n) is 15.2. The lowest BCUT2D eigenvalue weighted by atomic mass is 10.0. The first-order chi connectivity index (χ1) is 13.9. The summed E-state index contributed by atoms with van der Waals surface area (Å²) < 4.78 is 55.5. The standard InChI is InChI=1S/C21H15F4N3S/c1-2-29-20-16(21(23,24)25)7-8-17-18(13-9-11-26-12-10-13)19(27-28(17)20)14-3-5-15(22)6-4-14/h3-12H,2H2,1H3. The van der Waals surface area contributed by atoms with Crippen LogP contribution >= 0.6 is 11.8 Å². The van der Waals surface area contributed by atoms with Crippen molar-refractivity contribution in [3.8, 4) is 22.4 Å². The zero-order valence-corrected chi connectivity index (χ0v) is 16.1. The molecule has 148 valence electrons. The molecule has 0 spiro atoms. The quantitative estimate of drug-likeness (QED) is 0.287. The van der Waals surface area contributed by atoms with E-state index in [2.05, 4.69) is 10.1 Å². The predicted molar refractivity (Wildman–Crippen MR) is 105 cm³/mol. The second-order valence-electron chi connectivity index (χ2n) is 6.25. The molecule has 4 aromatic rings. The summed E-state index contributed by atoms with van der Waals surface area (Å²) in [5.41, 5.74) is 2.34. The van der Waals surface area contributed by atoms with Crippen LogP contribution < -0.4 is 0 Å². The van der Waals surface area contributed by atoms with E-state index in [0.29, 0.717) is 28.1 Å². The number of fused-ring (bicyclic) bond motifs is 1. The molecule has 0 fully saturated rings. The Hall–Kier alpha value is -2.87. The normalized spacial score (nSPS) is 11.9. The third kappa shape index (κ3) is 3.60. The number of aromatic nitrogens is 3. The number of hydrogen-bond acceptors (Lipinski definition) is 3. The van der Waals surface area contributed by atoms with Gasteiger partial charge in [0.25, 0.3) is 0 Å². The molecule has 3 aromatic heterocycles. The molecule has 4 rings (SSSR count). The highest BCUT2D eigenvalue weighted by Gasteiger charge is 2.35. The molecule has 0 amide bonds. The summed E-state index contributed by atoms with van der Waals surface area (Å²) in [4.78, 5) is 4.01. The Morgan fingerprint density at radius 3 is 2.24 bits per heavy atom. The molecule has 3 nitrogen and oxygen atoms in total. The summed E-state index contributed by atoms with van der Waals surface area (Å²) in [6.07, 6.45) is -1.28. The lowest BCUT2D eigenvalue weighted by Gasteiger charge is -2.13. The van der Waals surface area contributed by atoms with Crippen LogP contribution in [0.15, 0.2) is 66.0 Å². The van der Waals surface area contributed by atoms with Crippen LogP contribution in [0.3, 0.4) is 0 Å². The highest BCUT2D eigenvalue weighted by Crippen LogP contribution is 2.41. The van der Waals surface area contributed by atoms with Gasteiger partial charge in [0.1, 0.15) is 16.5 Å². The monoisotopic (exact) mass is 417 g/mol. The fraction of sp³-hybridized carbons (Fsp3) is 0.143. The van der Waals surface area contributed by atoms with E-state index in [4.69, 9.17) is 0 Å². The first-order valence-electron chi connectivity index (χ1n) is 8.82. The van der Waals surface area contributed by atoms with E-state index in [1.165, 1.54) is 22.7 Å². The van der Waals surface area contributed by atoms with Crippen molar-refractivity contribution in [1.82, 2.24) is 14.6 Å². The van der Waals surface area contributed by atoms with E-state index < -0.39 is 17.6 Å². The minimum atomic E-state index is -4.50. The highest BCUT2D eigenvalue weighted by atomic mass is 32.2. The Kier molecular flexibility index (Phi) is 5.04. The second-order valence-corrected chi connectivity index (χ2v) is 7.50. The smallest absolute Gasteiger partial charge is 0.265 e. The molecule has 0 saturated heterocycles. The van der Waals surface area contributed by atoms with Crippen LogP contribution in [0.4, 0.5) is 17.6 Å². The van der Waals surface area contributed by atoms with Crippen LogP contribution in [0.1, 0.15) is 12.5 Å². The Balaban J connectivity index is 2.08. The molecule has 0 aliphatic carbocycles. The molecule has 0 N–H and O–H groups in total. The zero-order chi connectivity index (χ0) is 20.6. The van der Waals surface area contributed by atoms with Crippen molar-refractivity contribution in [3.05, 3.63) is 72.3 Å². The third-order valence-electron chi connectivity index (χ3n) is 4.42. The van der Waals surface area contributed by atoms with Gasteiger partial charge in [0.15, 0.2) is 0 Å². The van der Waals surface area contributed by atoms with Crippen molar-refractivity contribution < 1.29 is 17.6 Å². The second kappa shape index (κ2) is 7.51. The summed E-state index contributed by atoms with van der Waals surface area (Å²) >= 11 is 1.08. The Morgan fingerprint density at radius 1 is 0.931 bits per heavy atom. The van der Waals surface area contributed by atoms with Crippen molar-refractivity contribution >= 4 is 17.3 Å². The van der Waals surface area contributed by atoms with Gasteiger partial charge in [-0.05, 0) is 59.8 Å². The molecule has 0 aliphatic rings. The van der Waals surface area contributed by atoms with E-state index in [1.807, 2.05) is 0 Å². The number of hydrogen-bond donors (Lipinski definition) is 0. The lowest BCUT2D eigenvalue weighted by Crippen LogP contribution is -2.10. The Morgan fingerprint density at radius 2 is 1.62 bits per heavy atom. The fourth-order valence-corrected chi connectivity index (χ4v) is 4.07. The number of halogens is 4. The van der Waals surface area contributed by atoms with Crippen molar-refractivity contribution in [2.45, 2.75) is 18.1 Å². The predicted octanol–water partition coefficient (Wildman–Crippen LogP) is 6.33. The molecule has 0 radical (unpaired) electrons. The van der Waals surface area contributed by atoms with Gasteiger partial charge in [-0.2, -0.15) is 18.3 Å². The van der Waals surface area contributed by atoms with Crippen molar-refractivity contribution in [2.75, 3.05) is 5.75 Å². The van der Waals surface area contributed by atoms with E-state index in [9.17, 15) is 17.6 Å². The number of thioether (sulfide) groups is 1. The van der Waals surface area contributed by atoms with E-state index in [0.717, 1.165) is 23.4 Å². The largest absolute Gasteiger partial charge is 0.419 e. The van der Waals surface area contributed by atoms with Crippen molar-refractivity contribution in [3.63, 3.8) is 0 Å². The average molecular weight is 417 g/mol. The minimum Gasteiger partial charge on any atom is -0.265 e.